The van der Waals surface area contributed by atoms with E-state index in [9.17, 15) is 0 Å². The molecule has 3 heterocycles. The summed E-state index contributed by atoms with van der Waals surface area (Å²) in [5, 5.41) is 5.55. The van der Waals surface area contributed by atoms with Crippen LogP contribution < -0.4 is 9.80 Å². The van der Waals surface area contributed by atoms with Crippen LogP contribution in [0.15, 0.2) is 24.7 Å². The zero-order valence-corrected chi connectivity index (χ0v) is 14.1. The van der Waals surface area contributed by atoms with Gasteiger partial charge in [-0.05, 0) is 13.0 Å². The van der Waals surface area contributed by atoms with Crippen LogP contribution in [0, 0.1) is 6.92 Å². The van der Waals surface area contributed by atoms with Crippen molar-refractivity contribution in [3.05, 3.63) is 35.9 Å². The molecule has 0 aliphatic heterocycles. The number of nitrogens with zero attached hydrogens (tertiary/aromatic N) is 7. The molecule has 0 saturated carbocycles. The van der Waals surface area contributed by atoms with Crippen molar-refractivity contribution in [1.29, 1.82) is 0 Å². The van der Waals surface area contributed by atoms with E-state index in [0.717, 1.165) is 34.5 Å². The Balaban J connectivity index is 1.90. The van der Waals surface area contributed by atoms with Gasteiger partial charge >= 0.3 is 0 Å². The van der Waals surface area contributed by atoms with E-state index < -0.39 is 0 Å². The van der Waals surface area contributed by atoms with Gasteiger partial charge in [-0.25, -0.2) is 15.0 Å². The van der Waals surface area contributed by atoms with Gasteiger partial charge in [-0.2, -0.15) is 5.10 Å². The highest BCUT2D eigenvalue weighted by Crippen LogP contribution is 2.27. The number of anilines is 2. The van der Waals surface area contributed by atoms with E-state index in [1.807, 2.05) is 62.3 Å². The summed E-state index contributed by atoms with van der Waals surface area (Å²) in [5.41, 5.74) is 4.05. The maximum atomic E-state index is 4.47. The van der Waals surface area contributed by atoms with Crippen molar-refractivity contribution in [1.82, 2.24) is 24.7 Å². The Hall–Kier alpha value is -2.70. The van der Waals surface area contributed by atoms with Crippen LogP contribution in [0.5, 0.6) is 0 Å². The summed E-state index contributed by atoms with van der Waals surface area (Å²) in [7, 11) is 7.83. The lowest BCUT2D eigenvalue weighted by molar-refractivity contribution is 0.774. The quantitative estimate of drug-likeness (QED) is 0.732. The zero-order valence-electron chi connectivity index (χ0n) is 14.1. The molecule has 0 saturated heterocycles. The van der Waals surface area contributed by atoms with Crippen LogP contribution in [0.4, 0.5) is 11.6 Å². The number of rotatable bonds is 4. The van der Waals surface area contributed by atoms with Gasteiger partial charge < -0.3 is 9.80 Å². The predicted molar refractivity (Wildman–Crippen MR) is 91.7 cm³/mol. The molecule has 0 fully saturated rings. The van der Waals surface area contributed by atoms with E-state index >= 15 is 0 Å². The number of pyridine rings is 1. The number of aryl methyl sites for hydroxylation is 2. The molecule has 3 rings (SSSR count). The van der Waals surface area contributed by atoms with Gasteiger partial charge in [0.1, 0.15) is 0 Å². The van der Waals surface area contributed by atoms with Crippen molar-refractivity contribution in [2.75, 3.05) is 30.9 Å². The smallest absolute Gasteiger partial charge is 0.224 e. The Morgan fingerprint density at radius 3 is 2.43 bits per heavy atom. The normalized spacial score (nSPS) is 11.0. The summed E-state index contributed by atoms with van der Waals surface area (Å²) in [4.78, 5) is 17.2. The fourth-order valence-corrected chi connectivity index (χ4v) is 2.69. The summed E-state index contributed by atoms with van der Waals surface area (Å²) >= 11 is 0. The van der Waals surface area contributed by atoms with E-state index in [0.29, 0.717) is 5.95 Å². The molecule has 0 radical (unpaired) electrons. The van der Waals surface area contributed by atoms with E-state index in [-0.39, 0.29) is 0 Å². The third kappa shape index (κ3) is 2.81. The number of hydrogen-bond donors (Lipinski definition) is 0. The maximum absolute atomic E-state index is 4.47. The van der Waals surface area contributed by atoms with Crippen molar-refractivity contribution in [3.8, 4) is 0 Å². The molecular weight excluding hydrogens is 290 g/mol. The fraction of sp³-hybridized carbons (Fsp3) is 0.375. The molecule has 3 aromatic rings. The first-order chi connectivity index (χ1) is 11.0. The Bertz CT molecular complexity index is 820. The molecule has 120 valence electrons. The minimum absolute atomic E-state index is 0.714. The van der Waals surface area contributed by atoms with Crippen LogP contribution >= 0.6 is 0 Å². The molecular formula is C16H21N7. The number of fused-ring (bicyclic) bond motifs is 1. The van der Waals surface area contributed by atoms with Crippen LogP contribution in [-0.2, 0) is 13.6 Å². The minimum Gasteiger partial charge on any atom is -0.369 e. The highest BCUT2D eigenvalue weighted by molar-refractivity contribution is 5.91. The van der Waals surface area contributed by atoms with Crippen LogP contribution in [0.3, 0.4) is 0 Å². The highest BCUT2D eigenvalue weighted by atomic mass is 15.3. The summed E-state index contributed by atoms with van der Waals surface area (Å²) in [6, 6.07) is 2.02. The molecule has 7 heteroatoms. The second-order valence-corrected chi connectivity index (χ2v) is 5.88. The monoisotopic (exact) mass is 311 g/mol. The molecule has 0 N–H and O–H groups in total. The van der Waals surface area contributed by atoms with Gasteiger partial charge in [0.15, 0.2) is 5.65 Å². The average Bonchev–Trinajstić information content (AvgIpc) is 2.82. The third-order valence-corrected chi connectivity index (χ3v) is 3.80. The molecule has 3 aromatic heterocycles. The molecule has 7 nitrogen and oxygen atoms in total. The van der Waals surface area contributed by atoms with E-state index in [1.165, 1.54) is 0 Å². The van der Waals surface area contributed by atoms with Crippen molar-refractivity contribution in [2.45, 2.75) is 13.5 Å². The Morgan fingerprint density at radius 1 is 1.09 bits per heavy atom. The van der Waals surface area contributed by atoms with Gasteiger partial charge in [-0.1, -0.05) is 0 Å². The van der Waals surface area contributed by atoms with Crippen LogP contribution in [-0.4, -0.2) is 45.9 Å². The molecule has 0 aromatic carbocycles. The van der Waals surface area contributed by atoms with Gasteiger partial charge in [0, 0.05) is 58.9 Å². The van der Waals surface area contributed by atoms with Crippen LogP contribution in [0.25, 0.3) is 11.0 Å². The standard InChI is InChI=1S/C16H21N7/c1-11-14-13(6-7-17-15(14)23(5)20-11)22(4)10-12-8-18-16(19-9-12)21(2)3/h6-9H,10H2,1-5H3. The molecule has 0 spiro atoms. The second kappa shape index (κ2) is 5.83. The average molecular weight is 311 g/mol. The molecule has 0 aliphatic carbocycles. The largest absolute Gasteiger partial charge is 0.369 e. The maximum Gasteiger partial charge on any atom is 0.224 e. The van der Waals surface area contributed by atoms with Crippen LogP contribution in [0.1, 0.15) is 11.3 Å². The van der Waals surface area contributed by atoms with Gasteiger partial charge in [-0.3, -0.25) is 4.68 Å². The lowest BCUT2D eigenvalue weighted by Crippen LogP contribution is -2.18. The van der Waals surface area contributed by atoms with E-state index in [1.54, 1.807) is 0 Å². The summed E-state index contributed by atoms with van der Waals surface area (Å²) in [5.74, 6) is 0.714. The van der Waals surface area contributed by atoms with E-state index in [2.05, 4.69) is 32.0 Å². The minimum atomic E-state index is 0.714. The Labute approximate surface area is 135 Å². The third-order valence-electron chi connectivity index (χ3n) is 3.80. The van der Waals surface area contributed by atoms with Gasteiger partial charge in [0.25, 0.3) is 0 Å². The summed E-state index contributed by atoms with van der Waals surface area (Å²) in [6.45, 7) is 2.73. The molecule has 0 bridgehead atoms. The fourth-order valence-electron chi connectivity index (χ4n) is 2.69. The predicted octanol–water partition coefficient (Wildman–Crippen LogP) is 1.77. The van der Waals surface area contributed by atoms with Gasteiger partial charge in [0.2, 0.25) is 5.95 Å². The number of aromatic nitrogens is 5. The van der Waals surface area contributed by atoms with Gasteiger partial charge in [-0.15, -0.1) is 0 Å². The topological polar surface area (TPSA) is 63.0 Å². The molecule has 0 amide bonds. The summed E-state index contributed by atoms with van der Waals surface area (Å²) in [6.07, 6.45) is 5.56. The first-order valence-corrected chi connectivity index (χ1v) is 7.45. The molecule has 23 heavy (non-hydrogen) atoms. The summed E-state index contributed by atoms with van der Waals surface area (Å²) < 4.78 is 1.82. The zero-order chi connectivity index (χ0) is 16.6. The Morgan fingerprint density at radius 2 is 1.78 bits per heavy atom. The first-order valence-electron chi connectivity index (χ1n) is 7.45. The van der Waals surface area contributed by atoms with Crippen molar-refractivity contribution < 1.29 is 0 Å². The molecule has 0 aliphatic rings. The first kappa shape index (κ1) is 15.2. The highest BCUT2D eigenvalue weighted by Gasteiger charge is 2.14. The SMILES string of the molecule is Cc1nn(C)c2nccc(N(C)Cc3cnc(N(C)C)nc3)c12. The second-order valence-electron chi connectivity index (χ2n) is 5.88. The van der Waals surface area contributed by atoms with E-state index in [4.69, 9.17) is 0 Å². The van der Waals surface area contributed by atoms with Crippen LogP contribution in [0.2, 0.25) is 0 Å². The van der Waals surface area contributed by atoms with Crippen molar-refractivity contribution in [3.63, 3.8) is 0 Å². The van der Waals surface area contributed by atoms with Gasteiger partial charge in [0.05, 0.1) is 16.8 Å². The van der Waals surface area contributed by atoms with Crippen molar-refractivity contribution in [2.24, 2.45) is 7.05 Å². The number of hydrogen-bond acceptors (Lipinski definition) is 6. The van der Waals surface area contributed by atoms with Crippen molar-refractivity contribution >= 4 is 22.7 Å². The molecule has 0 atom stereocenters. The molecule has 0 unspecified atom stereocenters. The Kier molecular flexibility index (Phi) is 3.85. The lowest BCUT2D eigenvalue weighted by Gasteiger charge is -2.20. The lowest BCUT2D eigenvalue weighted by atomic mass is 10.2.